The van der Waals surface area contributed by atoms with E-state index in [0.29, 0.717) is 13.0 Å². The Morgan fingerprint density at radius 3 is 2.60 bits per heavy atom. The van der Waals surface area contributed by atoms with E-state index in [1.165, 1.54) is 0 Å². The molecule has 108 valence electrons. The molecular weight excluding hydrogens is 252 g/mol. The van der Waals surface area contributed by atoms with Crippen LogP contribution in [0.1, 0.15) is 39.7 Å². The SMILES string of the molecule is CC(C)NC(=O)CCN1C(=O)C(C)(C)c2ccccc21. The molecule has 1 N–H and O–H groups in total. The van der Waals surface area contributed by atoms with Crippen molar-refractivity contribution in [2.45, 2.75) is 45.6 Å². The number of benzene rings is 1. The Kier molecular flexibility index (Phi) is 3.84. The van der Waals surface area contributed by atoms with E-state index >= 15 is 0 Å². The Morgan fingerprint density at radius 1 is 1.30 bits per heavy atom. The summed E-state index contributed by atoms with van der Waals surface area (Å²) in [5, 5.41) is 2.85. The van der Waals surface area contributed by atoms with Gasteiger partial charge in [0, 0.05) is 24.7 Å². The van der Waals surface area contributed by atoms with Crippen molar-refractivity contribution in [1.29, 1.82) is 0 Å². The molecule has 0 spiro atoms. The van der Waals surface area contributed by atoms with Crippen LogP contribution in [0, 0.1) is 0 Å². The molecule has 0 aliphatic carbocycles. The van der Waals surface area contributed by atoms with Crippen molar-refractivity contribution < 1.29 is 9.59 Å². The second kappa shape index (κ2) is 5.27. The van der Waals surface area contributed by atoms with Gasteiger partial charge in [0.2, 0.25) is 11.8 Å². The molecule has 0 saturated carbocycles. The first kappa shape index (κ1) is 14.6. The van der Waals surface area contributed by atoms with E-state index in [1.54, 1.807) is 4.90 Å². The summed E-state index contributed by atoms with van der Waals surface area (Å²) in [7, 11) is 0. The average molecular weight is 274 g/mol. The summed E-state index contributed by atoms with van der Waals surface area (Å²) in [6, 6.07) is 7.93. The highest BCUT2D eigenvalue weighted by Crippen LogP contribution is 2.41. The average Bonchev–Trinajstić information content (AvgIpc) is 2.56. The molecule has 0 fully saturated rings. The summed E-state index contributed by atoms with van der Waals surface area (Å²) in [5.74, 6) is 0.0473. The third-order valence-electron chi connectivity index (χ3n) is 3.66. The van der Waals surface area contributed by atoms with E-state index in [9.17, 15) is 9.59 Å². The zero-order chi connectivity index (χ0) is 14.9. The Bertz CT molecular complexity index is 535. The molecule has 1 heterocycles. The molecule has 1 aromatic rings. The smallest absolute Gasteiger partial charge is 0.237 e. The number of amides is 2. The number of para-hydroxylation sites is 1. The molecule has 4 nitrogen and oxygen atoms in total. The van der Waals surface area contributed by atoms with Crippen LogP contribution in [0.15, 0.2) is 24.3 Å². The molecule has 1 aliphatic heterocycles. The quantitative estimate of drug-likeness (QED) is 0.915. The third kappa shape index (κ3) is 2.55. The van der Waals surface area contributed by atoms with Gasteiger partial charge in [0.05, 0.1) is 5.41 Å². The monoisotopic (exact) mass is 274 g/mol. The van der Waals surface area contributed by atoms with Crippen molar-refractivity contribution >= 4 is 17.5 Å². The molecule has 4 heteroatoms. The van der Waals surface area contributed by atoms with Gasteiger partial charge in [-0.15, -0.1) is 0 Å². The van der Waals surface area contributed by atoms with Gasteiger partial charge in [0.1, 0.15) is 0 Å². The molecule has 0 aromatic heterocycles. The van der Waals surface area contributed by atoms with Crippen LogP contribution in [0.3, 0.4) is 0 Å². The van der Waals surface area contributed by atoms with E-state index in [0.717, 1.165) is 11.3 Å². The van der Waals surface area contributed by atoms with Crippen LogP contribution in [0.25, 0.3) is 0 Å². The normalized spacial score (nSPS) is 16.4. The summed E-state index contributed by atoms with van der Waals surface area (Å²) in [5.41, 5.74) is 1.46. The van der Waals surface area contributed by atoms with Gasteiger partial charge < -0.3 is 10.2 Å². The van der Waals surface area contributed by atoms with Gasteiger partial charge in [-0.25, -0.2) is 0 Å². The summed E-state index contributed by atoms with van der Waals surface area (Å²) >= 11 is 0. The first-order valence-electron chi connectivity index (χ1n) is 7.05. The van der Waals surface area contributed by atoms with E-state index in [2.05, 4.69) is 5.32 Å². The largest absolute Gasteiger partial charge is 0.354 e. The fourth-order valence-corrected chi connectivity index (χ4v) is 2.63. The molecule has 0 bridgehead atoms. The minimum absolute atomic E-state index is 0.0185. The van der Waals surface area contributed by atoms with Gasteiger partial charge in [-0.1, -0.05) is 18.2 Å². The van der Waals surface area contributed by atoms with Gasteiger partial charge in [-0.2, -0.15) is 0 Å². The Balaban J connectivity index is 2.14. The molecule has 0 saturated heterocycles. The maximum absolute atomic E-state index is 12.5. The van der Waals surface area contributed by atoms with E-state index in [4.69, 9.17) is 0 Å². The Morgan fingerprint density at radius 2 is 1.95 bits per heavy atom. The molecule has 2 rings (SSSR count). The van der Waals surface area contributed by atoms with Gasteiger partial charge >= 0.3 is 0 Å². The summed E-state index contributed by atoms with van der Waals surface area (Å²) in [4.78, 5) is 26.0. The van der Waals surface area contributed by atoms with E-state index in [-0.39, 0.29) is 17.9 Å². The minimum Gasteiger partial charge on any atom is -0.354 e. The van der Waals surface area contributed by atoms with Crippen molar-refractivity contribution in [2.24, 2.45) is 0 Å². The third-order valence-corrected chi connectivity index (χ3v) is 3.66. The number of rotatable bonds is 4. The number of carbonyl (C=O) groups excluding carboxylic acids is 2. The summed E-state index contributed by atoms with van der Waals surface area (Å²) in [6.07, 6.45) is 0.328. The predicted molar refractivity (Wildman–Crippen MR) is 79.7 cm³/mol. The first-order chi connectivity index (χ1) is 9.34. The van der Waals surface area contributed by atoms with Crippen LogP contribution < -0.4 is 10.2 Å². The maximum Gasteiger partial charge on any atom is 0.237 e. The van der Waals surface area contributed by atoms with Crippen LogP contribution in [0.2, 0.25) is 0 Å². The number of nitrogens with one attached hydrogen (secondary N) is 1. The van der Waals surface area contributed by atoms with Crippen molar-refractivity contribution in [1.82, 2.24) is 5.32 Å². The summed E-state index contributed by atoms with van der Waals surface area (Å²) in [6.45, 7) is 8.15. The second-order valence-corrected chi connectivity index (χ2v) is 6.07. The lowest BCUT2D eigenvalue weighted by Gasteiger charge is -2.20. The lowest BCUT2D eigenvalue weighted by molar-refractivity contribution is -0.122. The molecule has 1 aliphatic rings. The molecule has 0 unspecified atom stereocenters. The van der Waals surface area contributed by atoms with Crippen molar-refractivity contribution in [3.8, 4) is 0 Å². The van der Waals surface area contributed by atoms with Gasteiger partial charge in [0.15, 0.2) is 0 Å². The standard InChI is InChI=1S/C16H22N2O2/c1-11(2)17-14(19)9-10-18-13-8-6-5-7-12(13)16(3,4)15(18)20/h5-8,11H,9-10H2,1-4H3,(H,17,19). The fraction of sp³-hybridized carbons (Fsp3) is 0.500. The van der Waals surface area contributed by atoms with Crippen LogP contribution in [-0.4, -0.2) is 24.4 Å². The number of hydrogen-bond donors (Lipinski definition) is 1. The Labute approximate surface area is 120 Å². The number of fused-ring (bicyclic) bond motifs is 1. The highest BCUT2D eigenvalue weighted by Gasteiger charge is 2.43. The van der Waals surface area contributed by atoms with Gasteiger partial charge in [-0.3, -0.25) is 9.59 Å². The maximum atomic E-state index is 12.5. The highest BCUT2D eigenvalue weighted by atomic mass is 16.2. The lowest BCUT2D eigenvalue weighted by atomic mass is 9.86. The van der Waals surface area contributed by atoms with Crippen molar-refractivity contribution in [3.05, 3.63) is 29.8 Å². The van der Waals surface area contributed by atoms with E-state index in [1.807, 2.05) is 52.0 Å². The number of nitrogens with zero attached hydrogens (tertiary/aromatic N) is 1. The highest BCUT2D eigenvalue weighted by molar-refractivity contribution is 6.07. The zero-order valence-electron chi connectivity index (χ0n) is 12.6. The fourth-order valence-electron chi connectivity index (χ4n) is 2.63. The first-order valence-corrected chi connectivity index (χ1v) is 7.05. The van der Waals surface area contributed by atoms with Gasteiger partial charge in [0.25, 0.3) is 0 Å². The minimum atomic E-state index is -0.509. The summed E-state index contributed by atoms with van der Waals surface area (Å²) < 4.78 is 0. The van der Waals surface area contributed by atoms with Crippen LogP contribution in [0.5, 0.6) is 0 Å². The Hall–Kier alpha value is -1.84. The number of carbonyl (C=O) groups is 2. The molecule has 2 amide bonds. The molecule has 0 radical (unpaired) electrons. The topological polar surface area (TPSA) is 49.4 Å². The second-order valence-electron chi connectivity index (χ2n) is 6.07. The van der Waals surface area contributed by atoms with Crippen molar-refractivity contribution in [3.63, 3.8) is 0 Å². The zero-order valence-corrected chi connectivity index (χ0v) is 12.6. The molecule has 0 atom stereocenters. The van der Waals surface area contributed by atoms with Crippen LogP contribution in [-0.2, 0) is 15.0 Å². The molecular formula is C16H22N2O2. The molecule has 1 aromatic carbocycles. The molecule has 20 heavy (non-hydrogen) atoms. The lowest BCUT2D eigenvalue weighted by Crippen LogP contribution is -2.39. The van der Waals surface area contributed by atoms with Crippen LogP contribution >= 0.6 is 0 Å². The number of hydrogen-bond acceptors (Lipinski definition) is 2. The van der Waals surface area contributed by atoms with Crippen molar-refractivity contribution in [2.75, 3.05) is 11.4 Å². The predicted octanol–water partition coefficient (Wildman–Crippen LogP) is 2.23. The van der Waals surface area contributed by atoms with Gasteiger partial charge in [-0.05, 0) is 39.3 Å². The van der Waals surface area contributed by atoms with Crippen LogP contribution in [0.4, 0.5) is 5.69 Å². The van der Waals surface area contributed by atoms with E-state index < -0.39 is 5.41 Å². The number of anilines is 1.